The maximum Gasteiger partial charge on any atom is 0.309 e. The van der Waals surface area contributed by atoms with Gasteiger partial charge in [0.15, 0.2) is 0 Å². The van der Waals surface area contributed by atoms with Gasteiger partial charge in [-0.3, -0.25) is 9.36 Å². The first-order chi connectivity index (χ1) is 10.2. The van der Waals surface area contributed by atoms with Crippen LogP contribution in [0.3, 0.4) is 0 Å². The predicted molar refractivity (Wildman–Crippen MR) is 90.4 cm³/mol. The first-order valence-corrected chi connectivity index (χ1v) is 7.81. The molecule has 0 atom stereocenters. The third-order valence-electron chi connectivity index (χ3n) is 3.18. The zero-order valence-electron chi connectivity index (χ0n) is 11.2. The summed E-state index contributed by atoms with van der Waals surface area (Å²) in [6.45, 7) is 0.518. The summed E-state index contributed by atoms with van der Waals surface area (Å²) < 4.78 is 2.21. The van der Waals surface area contributed by atoms with Gasteiger partial charge in [-0.15, -0.1) is 0 Å². The minimum atomic E-state index is -0.0230. The molecule has 0 N–H and O–H groups in total. The number of aromatic nitrogens is 1. The molecule has 0 amide bonds. The maximum atomic E-state index is 12.4. The quantitative estimate of drug-likeness (QED) is 0.671. The molecule has 4 heteroatoms. The first-order valence-electron chi connectivity index (χ1n) is 6.58. The van der Waals surface area contributed by atoms with Crippen molar-refractivity contribution < 1.29 is 0 Å². The van der Waals surface area contributed by atoms with E-state index in [9.17, 15) is 4.79 Å². The van der Waals surface area contributed by atoms with Crippen LogP contribution in [0.2, 0.25) is 0 Å². The van der Waals surface area contributed by atoms with Crippen LogP contribution in [0.4, 0.5) is 0 Å². The van der Waals surface area contributed by atoms with Crippen molar-refractivity contribution in [2.45, 2.75) is 6.54 Å². The van der Waals surface area contributed by atoms with Gasteiger partial charge in [0.05, 0.1) is 6.54 Å². The molecule has 3 rings (SSSR count). The second-order valence-corrected chi connectivity index (χ2v) is 6.06. The third kappa shape index (κ3) is 3.17. The summed E-state index contributed by atoms with van der Waals surface area (Å²) in [5, 5.41) is 0. The zero-order chi connectivity index (χ0) is 14.7. The molecule has 2 aromatic carbocycles. The lowest BCUT2D eigenvalue weighted by molar-refractivity contribution is 0.765. The molecule has 0 saturated heterocycles. The highest BCUT2D eigenvalue weighted by molar-refractivity contribution is 7.71. The number of rotatable bonds is 3. The standard InChI is InChI=1S/C17H13NOS2/c19-17-18(12-13-7-3-1-4-8-13)16(20)11-15(21-17)14-9-5-2-6-10-14/h1-11H,12H2. The van der Waals surface area contributed by atoms with Gasteiger partial charge in [0.2, 0.25) is 0 Å². The van der Waals surface area contributed by atoms with E-state index in [1.807, 2.05) is 66.7 Å². The van der Waals surface area contributed by atoms with E-state index < -0.39 is 0 Å². The summed E-state index contributed by atoms with van der Waals surface area (Å²) in [5.41, 5.74) is 2.10. The second kappa shape index (κ2) is 6.16. The van der Waals surface area contributed by atoms with Crippen LogP contribution < -0.4 is 4.87 Å². The Balaban J connectivity index is 2.02. The van der Waals surface area contributed by atoms with Gasteiger partial charge in [0.1, 0.15) is 4.64 Å². The molecule has 1 aromatic heterocycles. The lowest BCUT2D eigenvalue weighted by Gasteiger charge is -2.07. The second-order valence-electron chi connectivity index (χ2n) is 4.65. The van der Waals surface area contributed by atoms with Gasteiger partial charge in [-0.1, -0.05) is 84.2 Å². The minimum Gasteiger partial charge on any atom is -0.286 e. The van der Waals surface area contributed by atoms with Crippen LogP contribution in [0.5, 0.6) is 0 Å². The van der Waals surface area contributed by atoms with Crippen molar-refractivity contribution in [3.8, 4) is 10.4 Å². The Kier molecular flexibility index (Phi) is 4.08. The van der Waals surface area contributed by atoms with Gasteiger partial charge >= 0.3 is 4.87 Å². The van der Waals surface area contributed by atoms with E-state index in [4.69, 9.17) is 12.2 Å². The van der Waals surface area contributed by atoms with E-state index >= 15 is 0 Å². The lowest BCUT2D eigenvalue weighted by atomic mass is 10.2. The molecule has 21 heavy (non-hydrogen) atoms. The molecule has 104 valence electrons. The summed E-state index contributed by atoms with van der Waals surface area (Å²) in [6, 6.07) is 21.6. The molecule has 0 fully saturated rings. The number of hydrogen-bond donors (Lipinski definition) is 0. The van der Waals surface area contributed by atoms with Gasteiger partial charge in [0, 0.05) is 4.88 Å². The summed E-state index contributed by atoms with van der Waals surface area (Å²) in [6.07, 6.45) is 0. The molecule has 0 bridgehead atoms. The van der Waals surface area contributed by atoms with E-state index in [1.54, 1.807) is 4.57 Å². The van der Waals surface area contributed by atoms with E-state index in [0.29, 0.717) is 11.2 Å². The molecular weight excluding hydrogens is 298 g/mol. The molecule has 0 radical (unpaired) electrons. The van der Waals surface area contributed by atoms with Gasteiger partial charge in [-0.05, 0) is 17.2 Å². The van der Waals surface area contributed by atoms with E-state index in [1.165, 1.54) is 11.3 Å². The summed E-state index contributed by atoms with van der Waals surface area (Å²) in [4.78, 5) is 13.2. The number of benzene rings is 2. The summed E-state index contributed by atoms with van der Waals surface area (Å²) in [7, 11) is 0. The molecule has 0 spiro atoms. The van der Waals surface area contributed by atoms with Crippen molar-refractivity contribution in [1.82, 2.24) is 4.57 Å². The minimum absolute atomic E-state index is 0.0230. The molecule has 0 unspecified atom stereocenters. The van der Waals surface area contributed by atoms with Crippen molar-refractivity contribution in [1.29, 1.82) is 0 Å². The Labute approximate surface area is 132 Å². The van der Waals surface area contributed by atoms with Crippen molar-refractivity contribution in [2.75, 3.05) is 0 Å². The molecular formula is C17H13NOS2. The average Bonchev–Trinajstić information content (AvgIpc) is 2.52. The topological polar surface area (TPSA) is 22.0 Å². The SMILES string of the molecule is O=c1sc(-c2ccccc2)cc(=S)n1Cc1ccccc1. The Morgan fingerprint density at radius 3 is 2.19 bits per heavy atom. The van der Waals surface area contributed by atoms with Crippen LogP contribution >= 0.6 is 23.6 Å². The van der Waals surface area contributed by atoms with Gasteiger partial charge in [-0.25, -0.2) is 0 Å². The zero-order valence-corrected chi connectivity index (χ0v) is 12.9. The summed E-state index contributed by atoms with van der Waals surface area (Å²) in [5.74, 6) is 0. The van der Waals surface area contributed by atoms with E-state index in [2.05, 4.69) is 0 Å². The average molecular weight is 311 g/mol. The van der Waals surface area contributed by atoms with Gasteiger partial charge in [-0.2, -0.15) is 0 Å². The van der Waals surface area contributed by atoms with Crippen molar-refractivity contribution in [3.05, 3.63) is 86.6 Å². The molecule has 0 aliphatic carbocycles. The van der Waals surface area contributed by atoms with Crippen LogP contribution in [-0.4, -0.2) is 4.57 Å². The monoisotopic (exact) mass is 311 g/mol. The van der Waals surface area contributed by atoms with Crippen LogP contribution in [-0.2, 0) is 6.54 Å². The largest absolute Gasteiger partial charge is 0.309 e. The summed E-state index contributed by atoms with van der Waals surface area (Å²) >= 11 is 6.63. The van der Waals surface area contributed by atoms with E-state index in [0.717, 1.165) is 16.0 Å². The molecule has 2 nitrogen and oxygen atoms in total. The van der Waals surface area contributed by atoms with Crippen LogP contribution in [0.1, 0.15) is 5.56 Å². The fourth-order valence-electron chi connectivity index (χ4n) is 2.11. The Bertz CT molecular complexity index is 820. The third-order valence-corrected chi connectivity index (χ3v) is 4.49. The van der Waals surface area contributed by atoms with Crippen molar-refractivity contribution >= 4 is 23.6 Å². The fraction of sp³-hybridized carbons (Fsp3) is 0.0588. The Morgan fingerprint density at radius 2 is 1.57 bits per heavy atom. The highest BCUT2D eigenvalue weighted by Gasteiger charge is 2.05. The maximum absolute atomic E-state index is 12.4. The predicted octanol–water partition coefficient (Wildman–Crippen LogP) is 4.35. The van der Waals surface area contributed by atoms with E-state index in [-0.39, 0.29) is 4.87 Å². The molecule has 0 aliphatic rings. The van der Waals surface area contributed by atoms with Gasteiger partial charge < -0.3 is 0 Å². The van der Waals surface area contributed by atoms with Crippen molar-refractivity contribution in [3.63, 3.8) is 0 Å². The first kappa shape index (κ1) is 13.9. The highest BCUT2D eigenvalue weighted by atomic mass is 32.1. The lowest BCUT2D eigenvalue weighted by Crippen LogP contribution is -2.18. The molecule has 1 heterocycles. The molecule has 0 aliphatic heterocycles. The Hall–Kier alpha value is -2.04. The molecule has 0 saturated carbocycles. The molecule has 3 aromatic rings. The van der Waals surface area contributed by atoms with Crippen molar-refractivity contribution in [2.24, 2.45) is 0 Å². The Morgan fingerprint density at radius 1 is 0.952 bits per heavy atom. The number of hydrogen-bond acceptors (Lipinski definition) is 3. The van der Waals surface area contributed by atoms with Gasteiger partial charge in [0.25, 0.3) is 0 Å². The highest BCUT2D eigenvalue weighted by Crippen LogP contribution is 2.21. The smallest absolute Gasteiger partial charge is 0.286 e. The van der Waals surface area contributed by atoms with Crippen LogP contribution in [0.25, 0.3) is 10.4 Å². The van der Waals surface area contributed by atoms with Crippen LogP contribution in [0, 0.1) is 4.64 Å². The van der Waals surface area contributed by atoms with Crippen LogP contribution in [0.15, 0.2) is 71.5 Å². The number of nitrogens with zero attached hydrogens (tertiary/aromatic N) is 1. The fourth-order valence-corrected chi connectivity index (χ4v) is 3.40. The normalized spacial score (nSPS) is 10.5.